The van der Waals surface area contributed by atoms with Crippen molar-refractivity contribution in [2.75, 3.05) is 17.6 Å². The van der Waals surface area contributed by atoms with Crippen LogP contribution in [0.1, 0.15) is 24.0 Å². The number of nitrogens with one attached hydrogen (secondary N) is 2. The Kier molecular flexibility index (Phi) is 4.78. The second-order valence-electron chi connectivity index (χ2n) is 6.71. The number of benzene rings is 3. The molecule has 1 fully saturated rings. The average Bonchev–Trinajstić information content (AvgIpc) is 3.24. The summed E-state index contributed by atoms with van der Waals surface area (Å²) in [7, 11) is 0. The number of rotatable bonds is 2. The Hall–Kier alpha value is -3.29. The molecule has 1 amide bonds. The molecule has 27 heavy (non-hydrogen) atoms. The van der Waals surface area contributed by atoms with Gasteiger partial charge in [-0.05, 0) is 61.2 Å². The van der Waals surface area contributed by atoms with E-state index in [4.69, 9.17) is 5.73 Å². The van der Waals surface area contributed by atoms with Crippen LogP contribution in [0.3, 0.4) is 0 Å². The summed E-state index contributed by atoms with van der Waals surface area (Å²) >= 11 is 0. The van der Waals surface area contributed by atoms with Crippen LogP contribution in [0, 0.1) is 11.8 Å². The number of nitrogen functional groups attached to an aromatic ring is 1. The van der Waals surface area contributed by atoms with Crippen LogP contribution in [0.25, 0.3) is 10.8 Å². The Morgan fingerprint density at radius 3 is 2.52 bits per heavy atom. The van der Waals surface area contributed by atoms with E-state index >= 15 is 0 Å². The van der Waals surface area contributed by atoms with Crippen LogP contribution in [0.5, 0.6) is 0 Å². The predicted octanol–water partition coefficient (Wildman–Crippen LogP) is 3.51. The number of fused-ring (bicyclic) bond motifs is 1. The van der Waals surface area contributed by atoms with E-state index in [2.05, 4.69) is 22.5 Å². The maximum absolute atomic E-state index is 12.2. The normalized spacial score (nSPS) is 15.9. The smallest absolute Gasteiger partial charge is 0.241 e. The van der Waals surface area contributed by atoms with E-state index < -0.39 is 0 Å². The van der Waals surface area contributed by atoms with Crippen molar-refractivity contribution in [2.45, 2.75) is 18.9 Å². The minimum atomic E-state index is -0.0803. The van der Waals surface area contributed by atoms with Crippen molar-refractivity contribution >= 4 is 28.1 Å². The molecule has 0 bridgehead atoms. The Labute approximate surface area is 158 Å². The number of carbonyl (C=O) groups is 1. The van der Waals surface area contributed by atoms with E-state index in [0.717, 1.165) is 52.7 Å². The van der Waals surface area contributed by atoms with Gasteiger partial charge in [0, 0.05) is 27.9 Å². The average molecular weight is 355 g/mol. The highest BCUT2D eigenvalue weighted by molar-refractivity contribution is 5.97. The highest BCUT2D eigenvalue weighted by atomic mass is 16.2. The van der Waals surface area contributed by atoms with Crippen LogP contribution in [-0.2, 0) is 4.79 Å². The van der Waals surface area contributed by atoms with Gasteiger partial charge >= 0.3 is 0 Å². The number of carbonyl (C=O) groups excluding carboxylic acids is 1. The molecule has 4 nitrogen and oxygen atoms in total. The number of nitrogens with two attached hydrogens (primary N) is 1. The summed E-state index contributed by atoms with van der Waals surface area (Å²) in [5.41, 5.74) is 9.44. The van der Waals surface area contributed by atoms with Gasteiger partial charge in [-0.15, -0.1) is 0 Å². The quantitative estimate of drug-likeness (QED) is 0.487. The summed E-state index contributed by atoms with van der Waals surface area (Å²) in [5.74, 6) is 6.45. The standard InChI is InChI=1S/C23H21N3O/c24-21-14-11-17(19-4-1-2-5-20(19)21)10-7-16-8-12-18(13-9-16)26-23(27)22-6-3-15-25-22/h1-2,4-5,8-9,11-14,22,25H,3,6,15,24H2,(H,26,27)/t22-/m1/s1. The SMILES string of the molecule is Nc1ccc(C#Cc2ccc(NC(=O)[C@H]3CCCN3)cc2)c2ccccc12. The molecular formula is C23H21N3O. The number of hydrogen-bond donors (Lipinski definition) is 3. The van der Waals surface area contributed by atoms with Crippen molar-refractivity contribution in [3.05, 3.63) is 71.8 Å². The Bertz CT molecular complexity index is 1040. The molecule has 4 rings (SSSR count). The van der Waals surface area contributed by atoms with Crippen LogP contribution < -0.4 is 16.4 Å². The highest BCUT2D eigenvalue weighted by Crippen LogP contribution is 2.24. The molecule has 0 aliphatic carbocycles. The first-order valence-corrected chi connectivity index (χ1v) is 9.14. The molecule has 0 spiro atoms. The summed E-state index contributed by atoms with van der Waals surface area (Å²) < 4.78 is 0. The summed E-state index contributed by atoms with van der Waals surface area (Å²) in [6.07, 6.45) is 1.94. The summed E-state index contributed by atoms with van der Waals surface area (Å²) in [6, 6.07) is 19.4. The Balaban J connectivity index is 1.51. The van der Waals surface area contributed by atoms with Gasteiger partial charge in [0.1, 0.15) is 0 Å². The largest absolute Gasteiger partial charge is 0.398 e. The van der Waals surface area contributed by atoms with Crippen molar-refractivity contribution in [1.82, 2.24) is 5.32 Å². The van der Waals surface area contributed by atoms with E-state index in [9.17, 15) is 4.79 Å². The van der Waals surface area contributed by atoms with Gasteiger partial charge in [0.25, 0.3) is 0 Å². The molecule has 3 aromatic rings. The maximum Gasteiger partial charge on any atom is 0.241 e. The predicted molar refractivity (Wildman–Crippen MR) is 110 cm³/mol. The van der Waals surface area contributed by atoms with Crippen molar-refractivity contribution in [3.63, 3.8) is 0 Å². The van der Waals surface area contributed by atoms with E-state index in [-0.39, 0.29) is 11.9 Å². The number of anilines is 2. The second-order valence-corrected chi connectivity index (χ2v) is 6.71. The minimum absolute atomic E-state index is 0.0275. The van der Waals surface area contributed by atoms with Crippen molar-refractivity contribution in [1.29, 1.82) is 0 Å². The number of amides is 1. The third-order valence-corrected chi connectivity index (χ3v) is 4.83. The van der Waals surface area contributed by atoms with Gasteiger partial charge in [-0.3, -0.25) is 4.79 Å². The van der Waals surface area contributed by atoms with Crippen LogP contribution in [0.15, 0.2) is 60.7 Å². The van der Waals surface area contributed by atoms with Gasteiger partial charge < -0.3 is 16.4 Å². The van der Waals surface area contributed by atoms with E-state index in [1.807, 2.05) is 60.7 Å². The first-order chi connectivity index (χ1) is 13.2. The number of hydrogen-bond acceptors (Lipinski definition) is 3. The molecule has 4 N–H and O–H groups in total. The monoisotopic (exact) mass is 355 g/mol. The van der Waals surface area contributed by atoms with Crippen molar-refractivity contribution in [2.24, 2.45) is 0 Å². The van der Waals surface area contributed by atoms with Gasteiger partial charge in [0.15, 0.2) is 0 Å². The zero-order chi connectivity index (χ0) is 18.6. The lowest BCUT2D eigenvalue weighted by atomic mass is 10.0. The van der Waals surface area contributed by atoms with E-state index in [1.165, 1.54) is 0 Å². The summed E-state index contributed by atoms with van der Waals surface area (Å²) in [6.45, 7) is 0.909. The molecule has 0 radical (unpaired) electrons. The van der Waals surface area contributed by atoms with Crippen molar-refractivity contribution < 1.29 is 4.79 Å². The molecule has 1 aliphatic rings. The Morgan fingerprint density at radius 2 is 1.78 bits per heavy atom. The van der Waals surface area contributed by atoms with Crippen LogP contribution in [-0.4, -0.2) is 18.5 Å². The zero-order valence-corrected chi connectivity index (χ0v) is 15.0. The molecule has 1 saturated heterocycles. The second kappa shape index (κ2) is 7.53. The Morgan fingerprint density at radius 1 is 1.00 bits per heavy atom. The zero-order valence-electron chi connectivity index (χ0n) is 15.0. The van der Waals surface area contributed by atoms with E-state index in [0.29, 0.717) is 0 Å². The lowest BCUT2D eigenvalue weighted by molar-refractivity contribution is -0.117. The van der Waals surface area contributed by atoms with Crippen LogP contribution in [0.4, 0.5) is 11.4 Å². The highest BCUT2D eigenvalue weighted by Gasteiger charge is 2.21. The van der Waals surface area contributed by atoms with Crippen LogP contribution in [0.2, 0.25) is 0 Å². The lowest BCUT2D eigenvalue weighted by Crippen LogP contribution is -2.35. The van der Waals surface area contributed by atoms with Crippen molar-refractivity contribution in [3.8, 4) is 11.8 Å². The van der Waals surface area contributed by atoms with Gasteiger partial charge in [0.05, 0.1) is 6.04 Å². The van der Waals surface area contributed by atoms with Gasteiger partial charge in [-0.25, -0.2) is 0 Å². The maximum atomic E-state index is 12.2. The molecule has 1 atom stereocenters. The molecule has 0 saturated carbocycles. The van der Waals surface area contributed by atoms with Gasteiger partial charge in [-0.2, -0.15) is 0 Å². The first kappa shape index (κ1) is 17.1. The fourth-order valence-corrected chi connectivity index (χ4v) is 3.35. The van der Waals surface area contributed by atoms with Gasteiger partial charge in [-0.1, -0.05) is 36.1 Å². The molecule has 1 aliphatic heterocycles. The molecule has 0 unspecified atom stereocenters. The third kappa shape index (κ3) is 3.79. The molecule has 4 heteroatoms. The summed E-state index contributed by atoms with van der Waals surface area (Å²) in [5, 5.41) is 8.22. The lowest BCUT2D eigenvalue weighted by Gasteiger charge is -2.10. The minimum Gasteiger partial charge on any atom is -0.398 e. The topological polar surface area (TPSA) is 67.1 Å². The molecular weight excluding hydrogens is 334 g/mol. The fraction of sp³-hybridized carbons (Fsp3) is 0.174. The molecule has 3 aromatic carbocycles. The third-order valence-electron chi connectivity index (χ3n) is 4.83. The van der Waals surface area contributed by atoms with Gasteiger partial charge in [0.2, 0.25) is 5.91 Å². The van der Waals surface area contributed by atoms with Crippen LogP contribution >= 0.6 is 0 Å². The van der Waals surface area contributed by atoms with E-state index in [1.54, 1.807) is 0 Å². The molecule has 0 aromatic heterocycles. The summed E-state index contributed by atoms with van der Waals surface area (Å²) in [4.78, 5) is 12.2. The first-order valence-electron chi connectivity index (χ1n) is 9.14. The fourth-order valence-electron chi connectivity index (χ4n) is 3.35. The molecule has 1 heterocycles. The molecule has 134 valence electrons.